The van der Waals surface area contributed by atoms with E-state index in [0.29, 0.717) is 28.7 Å². The molecule has 1 aliphatic carbocycles. The van der Waals surface area contributed by atoms with Crippen LogP contribution < -0.4 is 16.2 Å². The number of nitrogens with one attached hydrogen (secondary N) is 3. The minimum atomic E-state index is -0.285. The molecule has 1 aliphatic rings. The van der Waals surface area contributed by atoms with Gasteiger partial charge in [-0.1, -0.05) is 26.7 Å². The van der Waals surface area contributed by atoms with Gasteiger partial charge in [-0.3, -0.25) is 15.6 Å². The summed E-state index contributed by atoms with van der Waals surface area (Å²) in [5, 5.41) is 10.4. The lowest BCUT2D eigenvalue weighted by Gasteiger charge is -2.35. The van der Waals surface area contributed by atoms with Crippen molar-refractivity contribution >= 4 is 45.9 Å². The first kappa shape index (κ1) is 18.3. The van der Waals surface area contributed by atoms with Crippen LogP contribution in [0.3, 0.4) is 0 Å². The molecule has 0 unspecified atom stereocenters. The Hall–Kier alpha value is -1.51. The minimum absolute atomic E-state index is 0.285. The van der Waals surface area contributed by atoms with Gasteiger partial charge >= 0.3 is 0 Å². The summed E-state index contributed by atoms with van der Waals surface area (Å²) in [5.74, 6) is 0.969. The zero-order chi connectivity index (χ0) is 17.8. The van der Waals surface area contributed by atoms with E-state index < -0.39 is 0 Å². The molecule has 0 aliphatic heterocycles. The number of hydrogen-bond acceptors (Lipinski definition) is 5. The summed E-state index contributed by atoms with van der Waals surface area (Å²) in [4.78, 5) is 16.6. The third-order valence-electron chi connectivity index (χ3n) is 4.82. The van der Waals surface area contributed by atoms with Crippen molar-refractivity contribution in [1.29, 1.82) is 0 Å². The average molecular weight is 395 g/mol. The smallest absolute Gasteiger partial charge is 0.289 e. The molecule has 1 saturated carbocycles. The molecule has 0 radical (unpaired) electrons. The molecule has 134 valence electrons. The van der Waals surface area contributed by atoms with Crippen LogP contribution >= 0.6 is 34.9 Å². The molecule has 3 rings (SSSR count). The molecule has 0 spiro atoms. The van der Waals surface area contributed by atoms with E-state index in [-0.39, 0.29) is 5.91 Å². The molecule has 1 fully saturated rings. The average Bonchev–Trinajstić information content (AvgIpc) is 3.27. The maximum absolute atomic E-state index is 12.2. The second-order valence-corrected chi connectivity index (χ2v) is 8.52. The van der Waals surface area contributed by atoms with Gasteiger partial charge in [-0.2, -0.15) is 11.3 Å². The summed E-state index contributed by atoms with van der Waals surface area (Å²) in [6.07, 6.45) is 3.59. The van der Waals surface area contributed by atoms with Crippen molar-refractivity contribution in [2.24, 2.45) is 11.8 Å². The predicted molar refractivity (Wildman–Crippen MR) is 108 cm³/mol. The van der Waals surface area contributed by atoms with Crippen LogP contribution in [-0.4, -0.2) is 22.0 Å². The van der Waals surface area contributed by atoms with E-state index in [9.17, 15) is 4.79 Å². The van der Waals surface area contributed by atoms with Gasteiger partial charge < -0.3 is 5.32 Å². The van der Waals surface area contributed by atoms with Gasteiger partial charge in [0.2, 0.25) is 0 Å². The second kappa shape index (κ2) is 8.25. The number of rotatable bonds is 3. The van der Waals surface area contributed by atoms with Crippen molar-refractivity contribution < 1.29 is 4.79 Å². The van der Waals surface area contributed by atoms with Gasteiger partial charge in [0.1, 0.15) is 10.7 Å². The Bertz CT molecular complexity index is 728. The van der Waals surface area contributed by atoms with Crippen LogP contribution in [0, 0.1) is 11.8 Å². The van der Waals surface area contributed by atoms with E-state index in [1.807, 2.05) is 16.8 Å². The lowest BCUT2D eigenvalue weighted by molar-refractivity contribution is 0.0939. The Labute approximate surface area is 161 Å². The summed E-state index contributed by atoms with van der Waals surface area (Å²) in [6.45, 7) is 4.54. The normalized spacial score (nSPS) is 23.0. The van der Waals surface area contributed by atoms with Crippen molar-refractivity contribution in [2.75, 3.05) is 0 Å². The standard InChI is InChI=1S/C17H22N4OS3/c1-10-4-3-5-13(11(10)2)19-17(23)21-20-15(22)14-9-25-16(18-14)12-6-7-24-8-12/h6-11,13H,3-5H2,1-2H3,(H,20,22)(H2,19,21,23)/t10-,11-,13+/m1/s1. The first-order valence-electron chi connectivity index (χ1n) is 8.39. The molecule has 2 aromatic heterocycles. The number of carbonyl (C=O) groups excluding carboxylic acids is 1. The first-order chi connectivity index (χ1) is 12.0. The van der Waals surface area contributed by atoms with Gasteiger partial charge in [0.05, 0.1) is 0 Å². The number of aromatic nitrogens is 1. The second-order valence-electron chi connectivity index (χ2n) is 6.48. The number of thiazole rings is 1. The SMILES string of the molecule is C[C@@H]1[C@H](C)CCC[C@@H]1NC(=S)NNC(=O)c1csc(-c2ccsc2)n1. The van der Waals surface area contributed by atoms with Crippen LogP contribution in [0.15, 0.2) is 22.2 Å². The Morgan fingerprint density at radius 2 is 2.12 bits per heavy atom. The third-order valence-corrected chi connectivity index (χ3v) is 6.61. The summed E-state index contributed by atoms with van der Waals surface area (Å²) < 4.78 is 0. The third kappa shape index (κ3) is 4.56. The number of hydrogen-bond donors (Lipinski definition) is 3. The van der Waals surface area contributed by atoms with Gasteiger partial charge in [-0.15, -0.1) is 11.3 Å². The number of thiocarbonyl (C=S) groups is 1. The molecule has 3 N–H and O–H groups in total. The maximum atomic E-state index is 12.2. The Balaban J connectivity index is 1.49. The molecular weight excluding hydrogens is 372 g/mol. The minimum Gasteiger partial charge on any atom is -0.358 e. The zero-order valence-corrected chi connectivity index (χ0v) is 16.7. The van der Waals surface area contributed by atoms with Crippen molar-refractivity contribution in [2.45, 2.75) is 39.2 Å². The van der Waals surface area contributed by atoms with Crippen LogP contribution in [0.2, 0.25) is 0 Å². The van der Waals surface area contributed by atoms with Gasteiger partial charge in [-0.05, 0) is 41.9 Å². The summed E-state index contributed by atoms with van der Waals surface area (Å²) in [7, 11) is 0. The van der Waals surface area contributed by atoms with Crippen LogP contribution in [0.25, 0.3) is 10.6 Å². The fraction of sp³-hybridized carbons (Fsp3) is 0.471. The van der Waals surface area contributed by atoms with Crippen molar-refractivity contribution in [3.8, 4) is 10.6 Å². The lowest BCUT2D eigenvalue weighted by atomic mass is 9.78. The fourth-order valence-corrected chi connectivity index (χ4v) is 4.78. The number of carbonyl (C=O) groups is 1. The first-order valence-corrected chi connectivity index (χ1v) is 10.6. The van der Waals surface area contributed by atoms with E-state index in [1.54, 1.807) is 16.7 Å². The fourth-order valence-electron chi connectivity index (χ4n) is 3.06. The number of hydrazine groups is 1. The topological polar surface area (TPSA) is 66.0 Å². The summed E-state index contributed by atoms with van der Waals surface area (Å²) in [5.41, 5.74) is 6.85. The zero-order valence-electron chi connectivity index (χ0n) is 14.2. The largest absolute Gasteiger partial charge is 0.358 e. The van der Waals surface area contributed by atoms with Crippen LogP contribution in [0.1, 0.15) is 43.6 Å². The number of amides is 1. The van der Waals surface area contributed by atoms with Crippen molar-refractivity contribution in [3.05, 3.63) is 27.9 Å². The van der Waals surface area contributed by atoms with E-state index in [0.717, 1.165) is 17.0 Å². The Morgan fingerprint density at radius 1 is 1.28 bits per heavy atom. The predicted octanol–water partition coefficient (Wildman–Crippen LogP) is 3.81. The highest BCUT2D eigenvalue weighted by molar-refractivity contribution is 7.80. The van der Waals surface area contributed by atoms with Gasteiger partial charge in [-0.25, -0.2) is 4.98 Å². The van der Waals surface area contributed by atoms with E-state index in [2.05, 4.69) is 35.0 Å². The van der Waals surface area contributed by atoms with Crippen molar-refractivity contribution in [3.63, 3.8) is 0 Å². The Morgan fingerprint density at radius 3 is 2.88 bits per heavy atom. The Kier molecular flexibility index (Phi) is 6.03. The van der Waals surface area contributed by atoms with Crippen molar-refractivity contribution in [1.82, 2.24) is 21.2 Å². The van der Waals surface area contributed by atoms with E-state index in [1.165, 1.54) is 24.2 Å². The molecule has 0 bridgehead atoms. The molecular formula is C17H22N4OS3. The van der Waals surface area contributed by atoms with Gasteiger partial charge in [0.15, 0.2) is 5.11 Å². The van der Waals surface area contributed by atoms with Crippen LogP contribution in [-0.2, 0) is 0 Å². The van der Waals surface area contributed by atoms with Crippen LogP contribution in [0.4, 0.5) is 0 Å². The van der Waals surface area contributed by atoms with E-state index in [4.69, 9.17) is 12.2 Å². The molecule has 3 atom stereocenters. The molecule has 0 saturated heterocycles. The highest BCUT2D eigenvalue weighted by atomic mass is 32.1. The quantitative estimate of drug-likeness (QED) is 0.546. The highest BCUT2D eigenvalue weighted by Gasteiger charge is 2.27. The maximum Gasteiger partial charge on any atom is 0.289 e. The van der Waals surface area contributed by atoms with Gasteiger partial charge in [0.25, 0.3) is 5.91 Å². The molecule has 2 aromatic rings. The van der Waals surface area contributed by atoms with Gasteiger partial charge in [0, 0.05) is 22.4 Å². The molecule has 1 amide bonds. The van der Waals surface area contributed by atoms with Crippen LogP contribution in [0.5, 0.6) is 0 Å². The lowest BCUT2D eigenvalue weighted by Crippen LogP contribution is -2.52. The molecule has 5 nitrogen and oxygen atoms in total. The summed E-state index contributed by atoms with van der Waals surface area (Å²) in [6, 6.07) is 2.35. The molecule has 25 heavy (non-hydrogen) atoms. The molecule has 2 heterocycles. The monoisotopic (exact) mass is 394 g/mol. The molecule has 8 heteroatoms. The molecule has 0 aromatic carbocycles. The summed E-state index contributed by atoms with van der Waals surface area (Å²) >= 11 is 8.38. The highest BCUT2D eigenvalue weighted by Crippen LogP contribution is 2.29. The number of nitrogens with zero attached hydrogens (tertiary/aromatic N) is 1. The number of thiophene rings is 1. The van der Waals surface area contributed by atoms with E-state index >= 15 is 0 Å².